The number of hydrogen-bond acceptors (Lipinski definition) is 4. The van der Waals surface area contributed by atoms with Gasteiger partial charge in [0, 0.05) is 31.9 Å². The predicted molar refractivity (Wildman–Crippen MR) is 68.2 cm³/mol. The first-order valence-electron chi connectivity index (χ1n) is 6.55. The highest BCUT2D eigenvalue weighted by Crippen LogP contribution is 2.30. The number of rotatable bonds is 2. The van der Waals surface area contributed by atoms with Crippen LogP contribution in [0.1, 0.15) is 31.9 Å². The Morgan fingerprint density at radius 1 is 1.35 bits per heavy atom. The Hall–Kier alpha value is -1.16. The van der Waals surface area contributed by atoms with E-state index in [4.69, 9.17) is 4.98 Å². The van der Waals surface area contributed by atoms with Gasteiger partial charge in [-0.1, -0.05) is 13.8 Å². The summed E-state index contributed by atoms with van der Waals surface area (Å²) in [5.74, 6) is 2.31. The van der Waals surface area contributed by atoms with Gasteiger partial charge >= 0.3 is 0 Å². The van der Waals surface area contributed by atoms with Crippen LogP contribution in [0.3, 0.4) is 0 Å². The van der Waals surface area contributed by atoms with Crippen molar-refractivity contribution in [3.8, 4) is 0 Å². The van der Waals surface area contributed by atoms with Crippen LogP contribution in [0.15, 0.2) is 12.4 Å². The number of nitrogens with zero attached hydrogens (tertiary/aromatic N) is 3. The Labute approximate surface area is 102 Å². The molecule has 4 heteroatoms. The molecule has 0 bridgehead atoms. The number of nitrogens with one attached hydrogen (secondary N) is 1. The molecule has 3 rings (SSSR count). The molecule has 2 saturated heterocycles. The topological polar surface area (TPSA) is 41.1 Å². The largest absolute Gasteiger partial charge is 0.351 e. The molecule has 2 aliphatic heterocycles. The van der Waals surface area contributed by atoms with Crippen molar-refractivity contribution in [3.05, 3.63) is 18.1 Å². The highest BCUT2D eigenvalue weighted by molar-refractivity contribution is 5.41. The lowest BCUT2D eigenvalue weighted by molar-refractivity contribution is 0.577. The van der Waals surface area contributed by atoms with Crippen LogP contribution >= 0.6 is 0 Å². The molecule has 3 heterocycles. The number of hydrogen-bond donors (Lipinski definition) is 1. The van der Waals surface area contributed by atoms with Gasteiger partial charge in [-0.05, 0) is 18.3 Å². The summed E-state index contributed by atoms with van der Waals surface area (Å²) < 4.78 is 0. The molecule has 0 aromatic carbocycles. The van der Waals surface area contributed by atoms with Gasteiger partial charge in [0.15, 0.2) is 0 Å². The summed E-state index contributed by atoms with van der Waals surface area (Å²) in [7, 11) is 0. The smallest absolute Gasteiger partial charge is 0.147 e. The van der Waals surface area contributed by atoms with Gasteiger partial charge in [-0.25, -0.2) is 4.98 Å². The van der Waals surface area contributed by atoms with Gasteiger partial charge in [-0.2, -0.15) is 0 Å². The molecule has 1 N–H and O–H groups in total. The second kappa shape index (κ2) is 4.26. The van der Waals surface area contributed by atoms with E-state index < -0.39 is 0 Å². The molecule has 0 amide bonds. The summed E-state index contributed by atoms with van der Waals surface area (Å²) in [5, 5.41) is 3.47. The third kappa shape index (κ3) is 1.90. The zero-order valence-electron chi connectivity index (χ0n) is 10.6. The van der Waals surface area contributed by atoms with E-state index in [-0.39, 0.29) is 0 Å². The number of anilines is 1. The third-order valence-corrected chi connectivity index (χ3v) is 3.97. The second-order valence-corrected chi connectivity index (χ2v) is 5.42. The van der Waals surface area contributed by atoms with Crippen molar-refractivity contribution in [1.82, 2.24) is 15.3 Å². The van der Waals surface area contributed by atoms with Crippen molar-refractivity contribution < 1.29 is 0 Å². The predicted octanol–water partition coefficient (Wildman–Crippen LogP) is 1.40. The first-order chi connectivity index (χ1) is 8.25. The van der Waals surface area contributed by atoms with Crippen LogP contribution in [0.5, 0.6) is 0 Å². The fourth-order valence-corrected chi connectivity index (χ4v) is 2.92. The van der Waals surface area contributed by atoms with Gasteiger partial charge in [-0.15, -0.1) is 0 Å². The minimum absolute atomic E-state index is 0.447. The van der Waals surface area contributed by atoms with Crippen LogP contribution in [0, 0.1) is 5.92 Å². The minimum Gasteiger partial charge on any atom is -0.351 e. The molecule has 2 unspecified atom stereocenters. The van der Waals surface area contributed by atoms with Crippen molar-refractivity contribution in [1.29, 1.82) is 0 Å². The highest BCUT2D eigenvalue weighted by Gasteiger charge is 2.38. The molecule has 1 aromatic rings. The Balaban J connectivity index is 1.86. The normalized spacial score (nSPS) is 27.8. The molecule has 2 atom stereocenters. The molecule has 0 spiro atoms. The van der Waals surface area contributed by atoms with E-state index in [0.717, 1.165) is 30.5 Å². The fourth-order valence-electron chi connectivity index (χ4n) is 2.92. The van der Waals surface area contributed by atoms with Crippen molar-refractivity contribution in [3.63, 3.8) is 0 Å². The maximum Gasteiger partial charge on any atom is 0.147 e. The van der Waals surface area contributed by atoms with Crippen molar-refractivity contribution >= 4 is 5.82 Å². The molecule has 2 aliphatic rings. The van der Waals surface area contributed by atoms with E-state index in [9.17, 15) is 0 Å². The van der Waals surface area contributed by atoms with Crippen molar-refractivity contribution in [2.75, 3.05) is 24.5 Å². The summed E-state index contributed by atoms with van der Waals surface area (Å²) in [6.07, 6.45) is 5.08. The molecule has 1 aromatic heterocycles. The van der Waals surface area contributed by atoms with Gasteiger partial charge in [0.25, 0.3) is 0 Å². The second-order valence-electron chi connectivity index (χ2n) is 5.42. The van der Waals surface area contributed by atoms with Crippen LogP contribution < -0.4 is 10.2 Å². The average Bonchev–Trinajstić information content (AvgIpc) is 2.90. The van der Waals surface area contributed by atoms with Gasteiger partial charge in [-0.3, -0.25) is 4.98 Å². The monoisotopic (exact) mass is 232 g/mol. The molecule has 4 nitrogen and oxygen atoms in total. The van der Waals surface area contributed by atoms with Crippen LogP contribution in [-0.2, 0) is 0 Å². The maximum atomic E-state index is 4.75. The first kappa shape index (κ1) is 11.0. The molecule has 0 aliphatic carbocycles. The molecule has 0 radical (unpaired) electrons. The van der Waals surface area contributed by atoms with Crippen LogP contribution in [0.2, 0.25) is 0 Å². The van der Waals surface area contributed by atoms with Gasteiger partial charge in [0.05, 0.1) is 11.9 Å². The van der Waals surface area contributed by atoms with E-state index in [1.165, 1.54) is 13.0 Å². The lowest BCUT2D eigenvalue weighted by Crippen LogP contribution is -2.34. The van der Waals surface area contributed by atoms with Crippen molar-refractivity contribution in [2.45, 2.75) is 32.2 Å². The van der Waals surface area contributed by atoms with Crippen LogP contribution in [-0.4, -0.2) is 35.6 Å². The van der Waals surface area contributed by atoms with Gasteiger partial charge in [0.1, 0.15) is 5.82 Å². The van der Waals surface area contributed by atoms with E-state index >= 15 is 0 Å². The van der Waals surface area contributed by atoms with E-state index in [1.807, 2.05) is 12.4 Å². The Bertz CT molecular complexity index is 404. The summed E-state index contributed by atoms with van der Waals surface area (Å²) in [6.45, 7) is 7.72. The molecular weight excluding hydrogens is 212 g/mol. The molecule has 17 heavy (non-hydrogen) atoms. The summed E-state index contributed by atoms with van der Waals surface area (Å²) >= 11 is 0. The highest BCUT2D eigenvalue weighted by atomic mass is 15.3. The summed E-state index contributed by atoms with van der Waals surface area (Å²) in [6, 6.07) is 0.631. The average molecular weight is 232 g/mol. The quantitative estimate of drug-likeness (QED) is 0.837. The van der Waals surface area contributed by atoms with E-state index in [0.29, 0.717) is 12.0 Å². The van der Waals surface area contributed by atoms with Gasteiger partial charge in [0.2, 0.25) is 0 Å². The van der Waals surface area contributed by atoms with E-state index in [2.05, 4.69) is 29.0 Å². The van der Waals surface area contributed by atoms with Gasteiger partial charge < -0.3 is 10.2 Å². The zero-order chi connectivity index (χ0) is 11.8. The lowest BCUT2D eigenvalue weighted by atomic mass is 10.1. The first-order valence-corrected chi connectivity index (χ1v) is 6.55. The Kier molecular flexibility index (Phi) is 2.74. The maximum absolute atomic E-state index is 4.75. The molecule has 92 valence electrons. The summed E-state index contributed by atoms with van der Waals surface area (Å²) in [5.41, 5.74) is 1.09. The lowest BCUT2D eigenvalue weighted by Gasteiger charge is -2.24. The molecular formula is C13H20N4. The van der Waals surface area contributed by atoms with Crippen LogP contribution in [0.25, 0.3) is 0 Å². The molecule has 0 saturated carbocycles. The standard InChI is InChI=1S/C13H20N4/c1-9(2)11-6-15-8-13(16-11)17-4-3-10-5-14-7-12(10)17/h6,8-10,12,14H,3-5,7H2,1-2H3. The zero-order valence-corrected chi connectivity index (χ0v) is 10.6. The Morgan fingerprint density at radius 3 is 3.06 bits per heavy atom. The Morgan fingerprint density at radius 2 is 2.24 bits per heavy atom. The summed E-state index contributed by atoms with van der Waals surface area (Å²) in [4.78, 5) is 11.5. The third-order valence-electron chi connectivity index (χ3n) is 3.97. The molecule has 2 fully saturated rings. The van der Waals surface area contributed by atoms with Crippen LogP contribution in [0.4, 0.5) is 5.82 Å². The minimum atomic E-state index is 0.447. The SMILES string of the molecule is CC(C)c1cncc(N2CCC3CNCC32)n1. The number of aromatic nitrogens is 2. The van der Waals surface area contributed by atoms with Crippen molar-refractivity contribution in [2.24, 2.45) is 5.92 Å². The number of fused-ring (bicyclic) bond motifs is 1. The van der Waals surface area contributed by atoms with E-state index in [1.54, 1.807) is 0 Å². The fraction of sp³-hybridized carbons (Fsp3) is 0.692.